The van der Waals surface area contributed by atoms with Crippen molar-refractivity contribution in [2.45, 2.75) is 26.2 Å². The molecule has 0 amide bonds. The first-order valence-corrected chi connectivity index (χ1v) is 6.62. The van der Waals surface area contributed by atoms with Crippen molar-refractivity contribution in [3.63, 3.8) is 0 Å². The number of hydrogen-bond acceptors (Lipinski definition) is 1. The van der Waals surface area contributed by atoms with E-state index in [2.05, 4.69) is 19.1 Å². The van der Waals surface area contributed by atoms with E-state index in [9.17, 15) is 4.39 Å². The third-order valence-corrected chi connectivity index (χ3v) is 3.68. The Morgan fingerprint density at radius 1 is 1.05 bits per heavy atom. The van der Waals surface area contributed by atoms with Crippen LogP contribution in [0.1, 0.15) is 28.2 Å². The molecule has 0 spiro atoms. The Bertz CT molecular complexity index is 563. The molecule has 0 fully saturated rings. The fourth-order valence-corrected chi connectivity index (χ4v) is 2.52. The zero-order chi connectivity index (χ0) is 13.8. The fourth-order valence-electron chi connectivity index (χ4n) is 2.52. The molecular formula is C17H20FN. The normalized spacial score (nSPS) is 12.4. The van der Waals surface area contributed by atoms with E-state index in [0.29, 0.717) is 6.54 Å². The van der Waals surface area contributed by atoms with Crippen LogP contribution in [0.25, 0.3) is 0 Å². The van der Waals surface area contributed by atoms with Crippen LogP contribution in [0.2, 0.25) is 0 Å². The van der Waals surface area contributed by atoms with Crippen LogP contribution in [-0.2, 0) is 6.42 Å². The molecule has 2 N–H and O–H groups in total. The summed E-state index contributed by atoms with van der Waals surface area (Å²) >= 11 is 0. The van der Waals surface area contributed by atoms with Crippen molar-refractivity contribution in [2.75, 3.05) is 6.54 Å². The second-order valence-corrected chi connectivity index (χ2v) is 5.06. The maximum Gasteiger partial charge on any atom is 0.123 e. The van der Waals surface area contributed by atoms with E-state index >= 15 is 0 Å². The van der Waals surface area contributed by atoms with Crippen molar-refractivity contribution in [2.24, 2.45) is 5.73 Å². The van der Waals surface area contributed by atoms with Crippen molar-refractivity contribution in [3.05, 3.63) is 70.5 Å². The van der Waals surface area contributed by atoms with Gasteiger partial charge in [0.25, 0.3) is 0 Å². The summed E-state index contributed by atoms with van der Waals surface area (Å²) in [6, 6.07) is 13.3. The van der Waals surface area contributed by atoms with Crippen LogP contribution in [0, 0.1) is 19.7 Å². The third kappa shape index (κ3) is 3.21. The summed E-state index contributed by atoms with van der Waals surface area (Å²) < 4.78 is 13.2. The fraction of sp³-hybridized carbons (Fsp3) is 0.294. The largest absolute Gasteiger partial charge is 0.330 e. The van der Waals surface area contributed by atoms with Gasteiger partial charge in [0.05, 0.1) is 0 Å². The molecule has 0 heterocycles. The SMILES string of the molecule is Cc1ccccc1C[C@H](CN)c1ccc(F)cc1C. The molecule has 19 heavy (non-hydrogen) atoms. The molecule has 2 heteroatoms. The van der Waals surface area contributed by atoms with E-state index in [-0.39, 0.29) is 11.7 Å². The molecule has 2 aromatic rings. The second kappa shape index (κ2) is 5.98. The lowest BCUT2D eigenvalue weighted by atomic mass is 9.88. The molecule has 1 atom stereocenters. The molecule has 2 rings (SSSR count). The van der Waals surface area contributed by atoms with Crippen LogP contribution < -0.4 is 5.73 Å². The molecule has 100 valence electrons. The first kappa shape index (κ1) is 13.8. The average Bonchev–Trinajstić information content (AvgIpc) is 2.39. The van der Waals surface area contributed by atoms with E-state index in [0.717, 1.165) is 17.5 Å². The van der Waals surface area contributed by atoms with E-state index in [1.54, 1.807) is 6.07 Å². The summed E-state index contributed by atoms with van der Waals surface area (Å²) in [6.07, 6.45) is 0.898. The lowest BCUT2D eigenvalue weighted by Crippen LogP contribution is -2.16. The maximum atomic E-state index is 13.2. The lowest BCUT2D eigenvalue weighted by Gasteiger charge is -2.19. The number of benzene rings is 2. The Kier molecular flexibility index (Phi) is 4.33. The summed E-state index contributed by atoms with van der Waals surface area (Å²) in [4.78, 5) is 0. The van der Waals surface area contributed by atoms with Crippen LogP contribution in [0.5, 0.6) is 0 Å². The van der Waals surface area contributed by atoms with Gasteiger partial charge in [0, 0.05) is 5.92 Å². The van der Waals surface area contributed by atoms with Crippen LogP contribution in [-0.4, -0.2) is 6.54 Å². The summed E-state index contributed by atoms with van der Waals surface area (Å²) in [6.45, 7) is 4.63. The van der Waals surface area contributed by atoms with Crippen molar-refractivity contribution < 1.29 is 4.39 Å². The molecule has 0 aliphatic carbocycles. The minimum Gasteiger partial charge on any atom is -0.330 e. The molecule has 0 saturated carbocycles. The van der Waals surface area contributed by atoms with E-state index in [1.807, 2.05) is 25.1 Å². The Morgan fingerprint density at radius 2 is 1.79 bits per heavy atom. The Labute approximate surface area is 114 Å². The number of aryl methyl sites for hydroxylation is 2. The van der Waals surface area contributed by atoms with Crippen molar-refractivity contribution in [3.8, 4) is 0 Å². The molecule has 0 aromatic heterocycles. The van der Waals surface area contributed by atoms with Gasteiger partial charge in [-0.25, -0.2) is 4.39 Å². The molecule has 0 bridgehead atoms. The van der Waals surface area contributed by atoms with Crippen LogP contribution in [0.15, 0.2) is 42.5 Å². The van der Waals surface area contributed by atoms with Crippen molar-refractivity contribution in [1.82, 2.24) is 0 Å². The van der Waals surface area contributed by atoms with Crippen molar-refractivity contribution in [1.29, 1.82) is 0 Å². The molecule has 0 aliphatic rings. The molecule has 0 saturated heterocycles. The standard InChI is InChI=1S/C17H20FN/c1-12-5-3-4-6-14(12)10-15(11-19)17-8-7-16(18)9-13(17)2/h3-9,15H,10-11,19H2,1-2H3/t15-/m1/s1. The van der Waals surface area contributed by atoms with Crippen molar-refractivity contribution >= 4 is 0 Å². The van der Waals surface area contributed by atoms with Gasteiger partial charge >= 0.3 is 0 Å². The van der Waals surface area contributed by atoms with Gasteiger partial charge in [-0.15, -0.1) is 0 Å². The average molecular weight is 257 g/mol. The minimum absolute atomic E-state index is 0.187. The van der Waals surface area contributed by atoms with Gasteiger partial charge < -0.3 is 5.73 Å². The summed E-state index contributed by atoms with van der Waals surface area (Å²) in [5.41, 5.74) is 10.6. The van der Waals surface area contributed by atoms with Gasteiger partial charge in [-0.2, -0.15) is 0 Å². The first-order chi connectivity index (χ1) is 9.11. The van der Waals surface area contributed by atoms with Gasteiger partial charge in [-0.1, -0.05) is 30.3 Å². The quantitative estimate of drug-likeness (QED) is 0.887. The van der Waals surface area contributed by atoms with Crippen LogP contribution in [0.3, 0.4) is 0 Å². The smallest absolute Gasteiger partial charge is 0.123 e. The lowest BCUT2D eigenvalue weighted by molar-refractivity contribution is 0.621. The zero-order valence-electron chi connectivity index (χ0n) is 11.5. The number of halogens is 1. The molecule has 0 unspecified atom stereocenters. The first-order valence-electron chi connectivity index (χ1n) is 6.62. The maximum absolute atomic E-state index is 13.2. The predicted octanol–water partition coefficient (Wildman–Crippen LogP) is 3.73. The van der Waals surface area contributed by atoms with E-state index < -0.39 is 0 Å². The van der Waals surface area contributed by atoms with Gasteiger partial charge in [0.2, 0.25) is 0 Å². The minimum atomic E-state index is -0.187. The van der Waals surface area contributed by atoms with E-state index in [1.165, 1.54) is 17.2 Å². The number of rotatable bonds is 4. The Hall–Kier alpha value is -1.67. The molecule has 2 aromatic carbocycles. The summed E-state index contributed by atoms with van der Waals surface area (Å²) in [5, 5.41) is 0. The topological polar surface area (TPSA) is 26.0 Å². The van der Waals surface area contributed by atoms with E-state index in [4.69, 9.17) is 5.73 Å². The predicted molar refractivity (Wildman–Crippen MR) is 77.8 cm³/mol. The van der Waals surface area contributed by atoms with Crippen LogP contribution in [0.4, 0.5) is 4.39 Å². The highest BCUT2D eigenvalue weighted by Gasteiger charge is 2.14. The van der Waals surface area contributed by atoms with Gasteiger partial charge in [-0.3, -0.25) is 0 Å². The Morgan fingerprint density at radius 3 is 2.42 bits per heavy atom. The highest BCUT2D eigenvalue weighted by atomic mass is 19.1. The zero-order valence-corrected chi connectivity index (χ0v) is 11.5. The van der Waals surface area contributed by atoms with Gasteiger partial charge in [0.1, 0.15) is 5.82 Å². The third-order valence-electron chi connectivity index (χ3n) is 3.68. The van der Waals surface area contributed by atoms with Gasteiger partial charge in [-0.05, 0) is 61.2 Å². The number of nitrogens with two attached hydrogens (primary N) is 1. The highest BCUT2D eigenvalue weighted by Crippen LogP contribution is 2.25. The second-order valence-electron chi connectivity index (χ2n) is 5.06. The summed E-state index contributed by atoms with van der Waals surface area (Å²) in [5.74, 6) is 0.0506. The number of hydrogen-bond donors (Lipinski definition) is 1. The Balaban J connectivity index is 2.28. The molecule has 0 radical (unpaired) electrons. The molecule has 0 aliphatic heterocycles. The monoisotopic (exact) mass is 257 g/mol. The molecular weight excluding hydrogens is 237 g/mol. The molecule has 1 nitrogen and oxygen atoms in total. The highest BCUT2D eigenvalue weighted by molar-refractivity contribution is 5.34. The van der Waals surface area contributed by atoms with Crippen LogP contribution >= 0.6 is 0 Å². The van der Waals surface area contributed by atoms with Gasteiger partial charge in [0.15, 0.2) is 0 Å². The summed E-state index contributed by atoms with van der Waals surface area (Å²) in [7, 11) is 0.